The van der Waals surface area contributed by atoms with Gasteiger partial charge in [-0.15, -0.1) is 0 Å². The summed E-state index contributed by atoms with van der Waals surface area (Å²) in [6.07, 6.45) is 1.95. The fourth-order valence-corrected chi connectivity index (χ4v) is 8.24. The lowest BCUT2D eigenvalue weighted by Gasteiger charge is -2.36. The number of carboxylic acids is 2. The lowest BCUT2D eigenvalue weighted by molar-refractivity contribution is -0.141. The number of nitrogens with two attached hydrogens (primary N) is 1. The number of aliphatic carboxylic acids is 2. The Kier molecular flexibility index (Phi) is 22.8. The first-order chi connectivity index (χ1) is 31.5. The molecule has 6 atom stereocenters. The van der Waals surface area contributed by atoms with Crippen LogP contribution in [0.1, 0.15) is 144 Å². The average Bonchev–Trinajstić information content (AvgIpc) is 3.23. The van der Waals surface area contributed by atoms with Gasteiger partial charge in [0.15, 0.2) is 0 Å². The van der Waals surface area contributed by atoms with Gasteiger partial charge in [0.2, 0.25) is 41.2 Å². The van der Waals surface area contributed by atoms with Crippen LogP contribution >= 0.6 is 0 Å². The number of benzene rings is 1. The normalized spacial score (nSPS) is 17.8. The maximum absolute atomic E-state index is 14.5. The number of primary amides is 1. The molecule has 0 bridgehead atoms. The third-order valence-electron chi connectivity index (χ3n) is 12.4. The highest BCUT2D eigenvalue weighted by molar-refractivity contribution is 6.37. The number of carbonyl (C=O) groups excluding carboxylic acids is 8. The van der Waals surface area contributed by atoms with Gasteiger partial charge in [-0.3, -0.25) is 47.9 Å². The van der Waals surface area contributed by atoms with Crippen LogP contribution in [0.3, 0.4) is 0 Å². The van der Waals surface area contributed by atoms with E-state index < -0.39 is 126 Å². The smallest absolute Gasteiger partial charge is 0.305 e. The van der Waals surface area contributed by atoms with E-state index >= 15 is 0 Å². The van der Waals surface area contributed by atoms with E-state index in [1.807, 2.05) is 20.8 Å². The Labute approximate surface area is 400 Å². The molecule has 7 amide bonds. The summed E-state index contributed by atoms with van der Waals surface area (Å²) < 4.78 is 0. The highest BCUT2D eigenvalue weighted by atomic mass is 16.4. The molecule has 1 aliphatic rings. The number of amides is 7. The van der Waals surface area contributed by atoms with Crippen molar-refractivity contribution in [1.82, 2.24) is 31.9 Å². The Morgan fingerprint density at radius 3 is 1.71 bits per heavy atom. The van der Waals surface area contributed by atoms with Crippen LogP contribution in [0.15, 0.2) is 24.3 Å². The van der Waals surface area contributed by atoms with Gasteiger partial charge in [0.05, 0.1) is 12.5 Å². The molecule has 2 rings (SSSR count). The van der Waals surface area contributed by atoms with E-state index in [4.69, 9.17) is 5.73 Å². The summed E-state index contributed by atoms with van der Waals surface area (Å²) in [6, 6.07) is -1.47. The number of hydrogen-bond donors (Lipinski definition) is 9. The van der Waals surface area contributed by atoms with Gasteiger partial charge < -0.3 is 47.8 Å². The molecule has 68 heavy (non-hydrogen) atoms. The van der Waals surface area contributed by atoms with Gasteiger partial charge in [-0.1, -0.05) is 99.4 Å². The number of aryl methyl sites for hydroxylation is 1. The van der Waals surface area contributed by atoms with Crippen molar-refractivity contribution in [3.8, 4) is 0 Å². The topological polar surface area (TPSA) is 309 Å². The molecule has 0 spiro atoms. The molecule has 1 unspecified atom stereocenters. The first kappa shape index (κ1) is 58.2. The molecule has 1 aromatic rings. The van der Waals surface area contributed by atoms with Crippen LogP contribution < -0.4 is 37.6 Å². The zero-order valence-corrected chi connectivity index (χ0v) is 41.5. The predicted molar refractivity (Wildman–Crippen MR) is 253 cm³/mol. The Morgan fingerprint density at radius 1 is 0.662 bits per heavy atom. The molecule has 0 heterocycles. The van der Waals surface area contributed by atoms with E-state index in [0.717, 1.165) is 18.4 Å². The van der Waals surface area contributed by atoms with E-state index in [9.17, 15) is 58.2 Å². The zero-order valence-electron chi connectivity index (χ0n) is 41.5. The number of carbonyl (C=O) groups is 10. The number of nitrogens with one attached hydrogen (secondary N) is 6. The van der Waals surface area contributed by atoms with Gasteiger partial charge in [0.25, 0.3) is 5.91 Å². The molecule has 10 N–H and O–H groups in total. The number of ketones is 1. The van der Waals surface area contributed by atoms with Crippen LogP contribution in [0.25, 0.3) is 0 Å². The van der Waals surface area contributed by atoms with Crippen LogP contribution in [0.5, 0.6) is 0 Å². The minimum atomic E-state index is -1.62. The fraction of sp³-hybridized carbons (Fsp3) is 0.673. The second kappa shape index (κ2) is 26.6. The minimum Gasteiger partial charge on any atom is -0.481 e. The van der Waals surface area contributed by atoms with E-state index in [-0.39, 0.29) is 30.6 Å². The SMILES string of the molecule is CCCCC(NC(=O)[C@H](CC(C)C)NC(=O)[C@@H](NC(=O)[C@H](Cc1ccccc1C)NC(=O)[C@H](CCC(=O)O)NC(=O)[C@H](CC(=O)O)NC(=O)C1CCC(C(C)(C)C)CC1)C(C)(C)C)C(=O)C(N)=O. The lowest BCUT2D eigenvalue weighted by Crippen LogP contribution is -2.62. The first-order valence-electron chi connectivity index (χ1n) is 23.7. The first-order valence-corrected chi connectivity index (χ1v) is 23.7. The van der Waals surface area contributed by atoms with Gasteiger partial charge in [0.1, 0.15) is 30.2 Å². The second-order valence-corrected chi connectivity index (χ2v) is 20.7. The minimum absolute atomic E-state index is 0.0372. The van der Waals surface area contributed by atoms with Gasteiger partial charge in [-0.25, -0.2) is 0 Å². The van der Waals surface area contributed by atoms with Gasteiger partial charge in [-0.05, 0) is 85.7 Å². The van der Waals surface area contributed by atoms with Crippen LogP contribution in [0.4, 0.5) is 0 Å². The summed E-state index contributed by atoms with van der Waals surface area (Å²) >= 11 is 0. The molecule has 0 aromatic heterocycles. The van der Waals surface area contributed by atoms with E-state index in [1.165, 1.54) is 0 Å². The van der Waals surface area contributed by atoms with Crippen LogP contribution in [0, 0.1) is 35.5 Å². The Balaban J connectivity index is 2.47. The number of rotatable bonds is 26. The monoisotopic (exact) mass is 956 g/mol. The highest BCUT2D eigenvalue weighted by Gasteiger charge is 2.39. The van der Waals surface area contributed by atoms with Crippen LogP contribution in [-0.4, -0.2) is 106 Å². The summed E-state index contributed by atoms with van der Waals surface area (Å²) in [5, 5.41) is 34.9. The quantitative estimate of drug-likeness (QED) is 0.0606. The van der Waals surface area contributed by atoms with Crippen molar-refractivity contribution in [2.75, 3.05) is 0 Å². The van der Waals surface area contributed by atoms with Crippen molar-refractivity contribution in [2.24, 2.45) is 34.3 Å². The summed E-state index contributed by atoms with van der Waals surface area (Å²) in [4.78, 5) is 132. The van der Waals surface area contributed by atoms with Gasteiger partial charge in [-0.2, -0.15) is 0 Å². The Bertz CT molecular complexity index is 1970. The van der Waals surface area contributed by atoms with Crippen molar-refractivity contribution in [1.29, 1.82) is 0 Å². The molecule has 1 fully saturated rings. The van der Waals surface area contributed by atoms with Crippen molar-refractivity contribution in [3.05, 3.63) is 35.4 Å². The molecule has 0 aliphatic heterocycles. The van der Waals surface area contributed by atoms with Gasteiger partial charge >= 0.3 is 11.9 Å². The number of unbranched alkanes of at least 4 members (excludes halogenated alkanes) is 1. The largest absolute Gasteiger partial charge is 0.481 e. The lowest BCUT2D eigenvalue weighted by atomic mass is 9.69. The summed E-state index contributed by atoms with van der Waals surface area (Å²) in [5.41, 5.74) is 5.64. The van der Waals surface area contributed by atoms with Crippen molar-refractivity contribution >= 4 is 59.1 Å². The van der Waals surface area contributed by atoms with E-state index in [0.29, 0.717) is 37.2 Å². The Morgan fingerprint density at radius 2 is 1.19 bits per heavy atom. The fourth-order valence-electron chi connectivity index (χ4n) is 8.24. The standard InChI is InChI=1S/C49H77N7O12/c1-11-12-17-32(39(61)41(50)62)51-44(65)34(24-27(2)3)55-47(68)40(49(8,9)10)56-46(67)35(25-30-16-14-13-15-28(30)4)54-43(64)33(22-23-37(57)58)52-45(66)36(26-38(59)60)53-42(63)29-18-20-31(21-19-29)48(5,6)7/h13-16,27,29,31-36,40H,11-12,17-26H2,1-10H3,(H2,50,62)(H,51,65)(H,52,66)(H,53,63)(H,54,64)(H,55,68)(H,56,67)(H,57,58)(H,59,60)/t29?,31?,32?,33-,34-,35-,36-,40+/m0/s1. The Hall–Kier alpha value is -5.88. The molecule has 19 nitrogen and oxygen atoms in total. The summed E-state index contributed by atoms with van der Waals surface area (Å²) in [5.74, 6) is -10.1. The number of carboxylic acid groups (broad SMARTS) is 2. The molecule has 0 radical (unpaired) electrons. The maximum Gasteiger partial charge on any atom is 0.305 e. The number of Topliss-reactive ketones (excluding diaryl/α,β-unsaturated/α-hetero) is 1. The molecular formula is C49H77N7O12. The van der Waals surface area contributed by atoms with Crippen molar-refractivity contribution in [2.45, 2.75) is 183 Å². The second-order valence-electron chi connectivity index (χ2n) is 20.7. The van der Waals surface area contributed by atoms with E-state index in [1.54, 1.807) is 52.0 Å². The van der Waals surface area contributed by atoms with Crippen molar-refractivity contribution < 1.29 is 58.2 Å². The maximum atomic E-state index is 14.5. The average molecular weight is 956 g/mol. The molecule has 1 aromatic carbocycles. The van der Waals surface area contributed by atoms with E-state index in [2.05, 4.69) is 52.7 Å². The van der Waals surface area contributed by atoms with Crippen LogP contribution in [-0.2, 0) is 54.4 Å². The predicted octanol–water partition coefficient (Wildman–Crippen LogP) is 2.98. The summed E-state index contributed by atoms with van der Waals surface area (Å²) in [6.45, 7) is 18.6. The third-order valence-corrected chi connectivity index (χ3v) is 12.4. The highest BCUT2D eigenvalue weighted by Crippen LogP contribution is 2.40. The van der Waals surface area contributed by atoms with Crippen LogP contribution in [0.2, 0.25) is 0 Å². The van der Waals surface area contributed by atoms with Gasteiger partial charge in [0, 0.05) is 18.8 Å². The molecule has 1 saturated carbocycles. The van der Waals surface area contributed by atoms with Crippen molar-refractivity contribution in [3.63, 3.8) is 0 Å². The molecular weight excluding hydrogens is 879 g/mol. The third kappa shape index (κ3) is 19.4. The molecule has 1 aliphatic carbocycles. The number of hydrogen-bond acceptors (Lipinski definition) is 10. The molecule has 380 valence electrons. The molecule has 19 heteroatoms. The molecule has 0 saturated heterocycles. The summed E-state index contributed by atoms with van der Waals surface area (Å²) in [7, 11) is 0. The zero-order chi connectivity index (χ0) is 51.7.